The van der Waals surface area contributed by atoms with Gasteiger partial charge in [0.2, 0.25) is 0 Å². The van der Waals surface area contributed by atoms with Gasteiger partial charge in [0, 0.05) is 10.5 Å². The normalized spacial score (nSPS) is 21.5. The molecule has 0 bridgehead atoms. The maximum absolute atomic E-state index is 11.3. The monoisotopic (exact) mass is 353 g/mol. The van der Waals surface area contributed by atoms with E-state index in [0.717, 1.165) is 23.9 Å². The highest BCUT2D eigenvalue weighted by Crippen LogP contribution is 2.16. The third-order valence-electron chi connectivity index (χ3n) is 3.02. The average molecular weight is 355 g/mol. The van der Waals surface area contributed by atoms with Crippen molar-refractivity contribution in [1.82, 2.24) is 5.32 Å². The van der Waals surface area contributed by atoms with E-state index in [4.69, 9.17) is 0 Å². The number of benzene rings is 1. The molecule has 1 aliphatic rings. The van der Waals surface area contributed by atoms with Crippen molar-refractivity contribution in [2.45, 2.75) is 18.9 Å². The minimum absolute atomic E-state index is 0. The molecule has 1 aliphatic heterocycles. The van der Waals surface area contributed by atoms with E-state index < -0.39 is 9.84 Å². The molecule has 1 aromatic rings. The van der Waals surface area contributed by atoms with Crippen LogP contribution in [0.2, 0.25) is 0 Å². The zero-order valence-corrected chi connectivity index (χ0v) is 13.2. The van der Waals surface area contributed by atoms with Gasteiger partial charge in [0.1, 0.15) is 0 Å². The van der Waals surface area contributed by atoms with Crippen LogP contribution in [0.1, 0.15) is 12.0 Å². The van der Waals surface area contributed by atoms with Crippen LogP contribution in [0, 0.1) is 0 Å². The highest BCUT2D eigenvalue weighted by Gasteiger charge is 2.26. The minimum atomic E-state index is -2.77. The summed E-state index contributed by atoms with van der Waals surface area (Å²) in [5.41, 5.74) is 1.25. The summed E-state index contributed by atoms with van der Waals surface area (Å²) < 4.78 is 23.7. The van der Waals surface area contributed by atoms with Crippen LogP contribution in [0.3, 0.4) is 0 Å². The van der Waals surface area contributed by atoms with Crippen LogP contribution in [0.5, 0.6) is 0 Å². The summed E-state index contributed by atoms with van der Waals surface area (Å²) in [6, 6.07) is 8.25. The number of nitrogens with one attached hydrogen (secondary N) is 1. The van der Waals surface area contributed by atoms with E-state index in [-0.39, 0.29) is 18.4 Å². The van der Waals surface area contributed by atoms with Crippen molar-refractivity contribution < 1.29 is 8.42 Å². The second-order valence-corrected chi connectivity index (χ2v) is 7.48. The van der Waals surface area contributed by atoms with Crippen molar-refractivity contribution >= 4 is 38.2 Å². The molecule has 3 nitrogen and oxygen atoms in total. The second-order valence-electron chi connectivity index (χ2n) is 4.40. The Kier molecular flexibility index (Phi) is 6.11. The Morgan fingerprint density at radius 3 is 2.67 bits per heavy atom. The Morgan fingerprint density at radius 1 is 1.33 bits per heavy atom. The Balaban J connectivity index is 0.00000162. The maximum Gasteiger partial charge on any atom is 0.151 e. The lowest BCUT2D eigenvalue weighted by atomic mass is 10.1. The van der Waals surface area contributed by atoms with Crippen LogP contribution in [0.15, 0.2) is 28.7 Å². The first-order chi connectivity index (χ1) is 8.07. The number of hydrogen-bond donors (Lipinski definition) is 1. The molecule has 0 amide bonds. The molecule has 1 N–H and O–H groups in total. The molecular weight excluding hydrogens is 338 g/mol. The lowest BCUT2D eigenvalue weighted by Crippen LogP contribution is -2.31. The van der Waals surface area contributed by atoms with E-state index in [0.29, 0.717) is 11.5 Å². The van der Waals surface area contributed by atoms with Gasteiger partial charge in [0.05, 0.1) is 11.5 Å². The Bertz CT molecular complexity index is 493. The first-order valence-electron chi connectivity index (χ1n) is 5.74. The van der Waals surface area contributed by atoms with Crippen molar-refractivity contribution in [3.05, 3.63) is 34.3 Å². The molecule has 0 aromatic heterocycles. The van der Waals surface area contributed by atoms with Gasteiger partial charge in [0.15, 0.2) is 9.84 Å². The molecule has 0 saturated carbocycles. The van der Waals surface area contributed by atoms with Crippen LogP contribution < -0.4 is 5.32 Å². The lowest BCUT2D eigenvalue weighted by molar-refractivity contribution is 0.556. The highest BCUT2D eigenvalue weighted by atomic mass is 79.9. The summed E-state index contributed by atoms with van der Waals surface area (Å²) in [7, 11) is -2.77. The molecule has 0 radical (unpaired) electrons. The Labute approximate surface area is 123 Å². The highest BCUT2D eigenvalue weighted by molar-refractivity contribution is 9.10. The molecule has 1 unspecified atom stereocenters. The maximum atomic E-state index is 11.3. The van der Waals surface area contributed by atoms with Gasteiger partial charge in [-0.05, 0) is 31.0 Å². The zero-order chi connectivity index (χ0) is 12.3. The smallest absolute Gasteiger partial charge is 0.151 e. The number of halogens is 2. The van der Waals surface area contributed by atoms with Gasteiger partial charge in [-0.2, -0.15) is 0 Å². The zero-order valence-electron chi connectivity index (χ0n) is 9.93. The fraction of sp³-hybridized carbons (Fsp3) is 0.500. The Hall–Kier alpha value is -0.100. The molecule has 1 saturated heterocycles. The predicted octanol–water partition coefficient (Wildman–Crippen LogP) is 2.19. The number of hydrogen-bond acceptors (Lipinski definition) is 3. The van der Waals surface area contributed by atoms with Crippen LogP contribution in [-0.4, -0.2) is 32.5 Å². The number of rotatable bonds is 4. The first kappa shape index (κ1) is 16.0. The summed E-state index contributed by atoms with van der Waals surface area (Å²) in [5.74, 6) is 0.628. The number of sulfone groups is 1. The standard InChI is InChI=1S/C12H16BrNO2S.ClH/c13-12-4-2-1-3-10(12)5-7-14-11-6-8-17(15,16)9-11;/h1-4,11,14H,5-9H2;1H. The van der Waals surface area contributed by atoms with Gasteiger partial charge in [-0.1, -0.05) is 34.1 Å². The molecule has 1 aromatic carbocycles. The van der Waals surface area contributed by atoms with Crippen molar-refractivity contribution in [1.29, 1.82) is 0 Å². The van der Waals surface area contributed by atoms with Crippen LogP contribution >= 0.6 is 28.3 Å². The molecule has 1 atom stereocenters. The first-order valence-corrected chi connectivity index (χ1v) is 8.35. The van der Waals surface area contributed by atoms with E-state index in [2.05, 4.69) is 27.3 Å². The van der Waals surface area contributed by atoms with Gasteiger partial charge in [-0.15, -0.1) is 12.4 Å². The molecule has 102 valence electrons. The lowest BCUT2D eigenvalue weighted by Gasteiger charge is -2.11. The van der Waals surface area contributed by atoms with Gasteiger partial charge in [0.25, 0.3) is 0 Å². The molecule has 0 aliphatic carbocycles. The summed E-state index contributed by atoms with van der Waals surface area (Å²) in [5, 5.41) is 3.31. The third kappa shape index (κ3) is 4.53. The molecule has 0 spiro atoms. The SMILES string of the molecule is Cl.O=S1(=O)CCC(NCCc2ccccc2Br)C1. The largest absolute Gasteiger partial charge is 0.313 e. The van der Waals surface area contributed by atoms with Crippen LogP contribution in [0.25, 0.3) is 0 Å². The van der Waals surface area contributed by atoms with Gasteiger partial charge in [-0.3, -0.25) is 0 Å². The second kappa shape index (κ2) is 6.89. The molecule has 2 rings (SSSR count). The molecule has 1 fully saturated rings. The fourth-order valence-corrected chi connectivity index (χ4v) is 4.26. The Morgan fingerprint density at radius 2 is 2.06 bits per heavy atom. The van der Waals surface area contributed by atoms with Gasteiger partial charge < -0.3 is 5.32 Å². The summed E-state index contributed by atoms with van der Waals surface area (Å²) >= 11 is 3.50. The van der Waals surface area contributed by atoms with Crippen molar-refractivity contribution in [2.24, 2.45) is 0 Å². The third-order valence-corrected chi connectivity index (χ3v) is 5.56. The summed E-state index contributed by atoms with van der Waals surface area (Å²) in [6.07, 6.45) is 1.66. The van der Waals surface area contributed by atoms with E-state index in [9.17, 15) is 8.42 Å². The predicted molar refractivity (Wildman–Crippen MR) is 80.2 cm³/mol. The topological polar surface area (TPSA) is 46.2 Å². The van der Waals surface area contributed by atoms with E-state index in [1.54, 1.807) is 0 Å². The van der Waals surface area contributed by atoms with Crippen LogP contribution in [-0.2, 0) is 16.3 Å². The summed E-state index contributed by atoms with van der Waals surface area (Å²) in [4.78, 5) is 0. The van der Waals surface area contributed by atoms with E-state index >= 15 is 0 Å². The minimum Gasteiger partial charge on any atom is -0.313 e. The molecular formula is C12H17BrClNO2S. The van der Waals surface area contributed by atoms with Gasteiger partial charge in [-0.25, -0.2) is 8.42 Å². The average Bonchev–Trinajstić information content (AvgIpc) is 2.61. The molecule has 18 heavy (non-hydrogen) atoms. The van der Waals surface area contributed by atoms with Gasteiger partial charge >= 0.3 is 0 Å². The molecule has 1 heterocycles. The quantitative estimate of drug-likeness (QED) is 0.901. The van der Waals surface area contributed by atoms with E-state index in [1.165, 1.54) is 5.56 Å². The van der Waals surface area contributed by atoms with Crippen molar-refractivity contribution in [3.63, 3.8) is 0 Å². The van der Waals surface area contributed by atoms with Crippen LogP contribution in [0.4, 0.5) is 0 Å². The fourth-order valence-electron chi connectivity index (χ4n) is 2.07. The van der Waals surface area contributed by atoms with E-state index in [1.807, 2.05) is 18.2 Å². The van der Waals surface area contributed by atoms with Crippen molar-refractivity contribution in [2.75, 3.05) is 18.1 Å². The molecule has 6 heteroatoms. The summed E-state index contributed by atoms with van der Waals surface area (Å²) in [6.45, 7) is 0.822. The van der Waals surface area contributed by atoms with Crippen molar-refractivity contribution in [3.8, 4) is 0 Å².